The maximum atomic E-state index is 13.5. The van der Waals surface area contributed by atoms with Gasteiger partial charge in [0.05, 0.1) is 0 Å². The van der Waals surface area contributed by atoms with E-state index in [1.165, 1.54) is 0 Å². The van der Waals surface area contributed by atoms with E-state index in [4.69, 9.17) is 9.47 Å². The summed E-state index contributed by atoms with van der Waals surface area (Å²) in [6.07, 6.45) is 0.350. The lowest BCUT2D eigenvalue weighted by atomic mass is 9.98. The minimum atomic E-state index is -0.898. The molecule has 5 rings (SSSR count). The molecular weight excluding hydrogens is 630 g/mol. The van der Waals surface area contributed by atoms with Crippen molar-refractivity contribution in [3.05, 3.63) is 123 Å². The van der Waals surface area contributed by atoms with Crippen molar-refractivity contribution in [2.45, 2.75) is 38.8 Å². The van der Waals surface area contributed by atoms with Crippen LogP contribution in [0.25, 0.3) is 11.1 Å². The molecule has 0 aliphatic heterocycles. The van der Waals surface area contributed by atoms with E-state index in [0.29, 0.717) is 0 Å². The highest BCUT2D eigenvalue weighted by molar-refractivity contribution is 6.04. The molecule has 0 spiro atoms. The smallest absolute Gasteiger partial charge is 0.407 e. The molecule has 3 amide bonds. The predicted molar refractivity (Wildman–Crippen MR) is 181 cm³/mol. The summed E-state index contributed by atoms with van der Waals surface area (Å²) in [4.78, 5) is 79.8. The molecule has 1 heterocycles. The molecule has 0 saturated heterocycles. The molecule has 254 valence electrons. The molecule has 3 aromatic carbocycles. The van der Waals surface area contributed by atoms with Crippen LogP contribution >= 0.6 is 0 Å². The van der Waals surface area contributed by atoms with Crippen molar-refractivity contribution in [3.8, 4) is 11.1 Å². The van der Waals surface area contributed by atoms with Gasteiger partial charge in [0.25, 0.3) is 11.5 Å². The van der Waals surface area contributed by atoms with Crippen molar-refractivity contribution in [3.63, 3.8) is 0 Å². The number of fused-ring (bicyclic) bond motifs is 3. The summed E-state index contributed by atoms with van der Waals surface area (Å²) < 4.78 is 11.9. The maximum absolute atomic E-state index is 13.5. The van der Waals surface area contributed by atoms with Crippen LogP contribution in [0.3, 0.4) is 0 Å². The zero-order chi connectivity index (χ0) is 35.1. The number of carbonyl (C=O) groups is 4. The molecule has 0 atom stereocenters. The molecule has 1 aliphatic rings. The Kier molecular flexibility index (Phi) is 10.4. The van der Waals surface area contributed by atoms with Crippen molar-refractivity contribution in [1.82, 2.24) is 19.8 Å². The molecule has 13 heteroatoms. The molecule has 0 bridgehead atoms. The first-order chi connectivity index (χ1) is 23.4. The van der Waals surface area contributed by atoms with Gasteiger partial charge >= 0.3 is 17.8 Å². The lowest BCUT2D eigenvalue weighted by Crippen LogP contribution is -2.45. The molecular formula is C36H37N5O8. The van der Waals surface area contributed by atoms with Gasteiger partial charge in [-0.3, -0.25) is 28.7 Å². The molecule has 3 N–H and O–H groups in total. The Bertz CT molecular complexity index is 1930. The third-order valence-corrected chi connectivity index (χ3v) is 7.69. The van der Waals surface area contributed by atoms with Crippen LogP contribution in [0.15, 0.2) is 94.6 Å². The number of amides is 3. The minimum absolute atomic E-state index is 0.0792. The third-order valence-electron chi connectivity index (χ3n) is 7.69. The summed E-state index contributed by atoms with van der Waals surface area (Å²) in [5.74, 6) is -2.11. The fraction of sp³-hybridized carbons (Fsp3) is 0.278. The van der Waals surface area contributed by atoms with Crippen LogP contribution in [0.4, 0.5) is 10.5 Å². The first kappa shape index (κ1) is 34.4. The second-order valence-corrected chi connectivity index (χ2v) is 12.4. The number of nitrogens with one attached hydrogen (secondary N) is 3. The topological polar surface area (TPSA) is 169 Å². The van der Waals surface area contributed by atoms with Crippen molar-refractivity contribution >= 4 is 29.6 Å². The summed E-state index contributed by atoms with van der Waals surface area (Å²) in [6, 6.07) is 24.0. The van der Waals surface area contributed by atoms with Gasteiger partial charge in [0.1, 0.15) is 31.0 Å². The largest absolute Gasteiger partial charge is 0.459 e. The van der Waals surface area contributed by atoms with E-state index in [2.05, 4.69) is 15.6 Å². The summed E-state index contributed by atoms with van der Waals surface area (Å²) in [5, 5.41) is 5.06. The zero-order valence-corrected chi connectivity index (χ0v) is 27.4. The average molecular weight is 668 g/mol. The van der Waals surface area contributed by atoms with Crippen LogP contribution in [0.1, 0.15) is 48.2 Å². The molecule has 1 aromatic heterocycles. The second-order valence-electron chi connectivity index (χ2n) is 12.4. The third kappa shape index (κ3) is 8.69. The van der Waals surface area contributed by atoms with Crippen LogP contribution in [0.2, 0.25) is 0 Å². The number of esters is 1. The maximum Gasteiger partial charge on any atom is 0.407 e. The molecule has 0 unspecified atom stereocenters. The summed E-state index contributed by atoms with van der Waals surface area (Å²) >= 11 is 0. The number of nitrogens with zero attached hydrogens (tertiary/aromatic N) is 2. The first-order valence-corrected chi connectivity index (χ1v) is 15.7. The first-order valence-electron chi connectivity index (χ1n) is 15.7. The number of alkyl carbamates (subject to hydrolysis) is 1. The Morgan fingerprint density at radius 2 is 1.49 bits per heavy atom. The zero-order valence-electron chi connectivity index (χ0n) is 27.4. The van der Waals surface area contributed by atoms with Crippen LogP contribution in [-0.4, -0.2) is 70.2 Å². The van der Waals surface area contributed by atoms with Gasteiger partial charge in [-0.05, 0) is 55.2 Å². The molecule has 49 heavy (non-hydrogen) atoms. The number of rotatable bonds is 11. The number of hydrogen-bond donors (Lipinski definition) is 3. The molecule has 0 radical (unpaired) electrons. The van der Waals surface area contributed by atoms with Crippen LogP contribution < -0.4 is 21.9 Å². The van der Waals surface area contributed by atoms with E-state index in [9.17, 15) is 28.8 Å². The Hall–Kier alpha value is -5.98. The number of carbonyl (C=O) groups excluding carboxylic acids is 4. The van der Waals surface area contributed by atoms with Crippen LogP contribution in [0, 0.1) is 0 Å². The van der Waals surface area contributed by atoms with Gasteiger partial charge in [-0.25, -0.2) is 9.59 Å². The van der Waals surface area contributed by atoms with E-state index in [0.717, 1.165) is 37.9 Å². The number of aromatic nitrogens is 2. The van der Waals surface area contributed by atoms with Gasteiger partial charge in [0.15, 0.2) is 0 Å². The van der Waals surface area contributed by atoms with Crippen LogP contribution in [-0.2, 0) is 25.6 Å². The highest BCUT2D eigenvalue weighted by Gasteiger charge is 2.29. The predicted octanol–water partition coefficient (Wildman–Crippen LogP) is 3.50. The average Bonchev–Trinajstić information content (AvgIpc) is 3.38. The molecule has 1 aliphatic carbocycles. The summed E-state index contributed by atoms with van der Waals surface area (Å²) in [7, 11) is 0. The number of ether oxygens (including phenoxy) is 2. The Morgan fingerprint density at radius 3 is 2.12 bits per heavy atom. The fourth-order valence-electron chi connectivity index (χ4n) is 5.51. The molecule has 4 aromatic rings. The lowest BCUT2D eigenvalue weighted by Gasteiger charge is -2.25. The SMILES string of the molecule is CC(C)(C)OC(=O)CN(CCNC(=O)OCC1c2ccccc2-c2ccccc21)C(=O)Cn1cc(NC(=O)c2ccccc2)c(=O)[nH]c1=O. The number of aromatic amines is 1. The van der Waals surface area contributed by atoms with Gasteiger partial charge in [0.2, 0.25) is 5.91 Å². The summed E-state index contributed by atoms with van der Waals surface area (Å²) in [5.41, 5.74) is 1.76. The van der Waals surface area contributed by atoms with E-state index in [1.807, 2.05) is 48.5 Å². The normalized spacial score (nSPS) is 12.0. The van der Waals surface area contributed by atoms with E-state index in [1.54, 1.807) is 51.1 Å². The van der Waals surface area contributed by atoms with Gasteiger partial charge < -0.3 is 25.0 Å². The number of hydrogen-bond acceptors (Lipinski definition) is 8. The van der Waals surface area contributed by atoms with Crippen LogP contribution in [0.5, 0.6) is 0 Å². The van der Waals surface area contributed by atoms with Crippen molar-refractivity contribution in [1.29, 1.82) is 0 Å². The quantitative estimate of drug-likeness (QED) is 0.204. The minimum Gasteiger partial charge on any atom is -0.459 e. The monoisotopic (exact) mass is 667 g/mol. The number of H-pyrrole nitrogens is 1. The van der Waals surface area contributed by atoms with Crippen molar-refractivity contribution in [2.24, 2.45) is 0 Å². The van der Waals surface area contributed by atoms with Gasteiger partial charge in [-0.15, -0.1) is 0 Å². The number of anilines is 1. The van der Waals surface area contributed by atoms with E-state index in [-0.39, 0.29) is 36.9 Å². The highest BCUT2D eigenvalue weighted by Crippen LogP contribution is 2.44. The standard InChI is InChI=1S/C36H37N5O8/c1-36(2,3)49-31(43)21-40(30(42)20-41-19-29(33(45)39-34(41)46)38-32(44)23-11-5-4-6-12-23)18-17-37-35(47)48-22-28-26-15-9-7-13-24(26)25-14-8-10-16-27(25)28/h4-16,19,28H,17-18,20-22H2,1-3H3,(H,37,47)(H,38,44)(H,39,45,46). The van der Waals surface area contributed by atoms with Gasteiger partial charge in [0, 0.05) is 30.8 Å². The van der Waals surface area contributed by atoms with Gasteiger partial charge in [-0.2, -0.15) is 0 Å². The number of benzene rings is 3. The molecule has 13 nitrogen and oxygen atoms in total. The molecule has 0 saturated carbocycles. The Balaban J connectivity index is 1.23. The van der Waals surface area contributed by atoms with E-state index >= 15 is 0 Å². The van der Waals surface area contributed by atoms with Gasteiger partial charge in [-0.1, -0.05) is 66.7 Å². The van der Waals surface area contributed by atoms with Crippen molar-refractivity contribution < 1.29 is 28.7 Å². The second kappa shape index (κ2) is 14.8. The fourth-order valence-corrected chi connectivity index (χ4v) is 5.51. The Labute approximate surface area is 281 Å². The Morgan fingerprint density at radius 1 is 0.878 bits per heavy atom. The van der Waals surface area contributed by atoms with Crippen molar-refractivity contribution in [2.75, 3.05) is 31.6 Å². The van der Waals surface area contributed by atoms with E-state index < -0.39 is 53.8 Å². The lowest BCUT2D eigenvalue weighted by molar-refractivity contribution is -0.159. The summed E-state index contributed by atoms with van der Waals surface area (Å²) in [6.45, 7) is 3.87. The molecule has 0 fully saturated rings. The highest BCUT2D eigenvalue weighted by atomic mass is 16.6.